The highest BCUT2D eigenvalue weighted by atomic mass is 35.5. The molecule has 2 N–H and O–H groups in total. The number of piperidine rings is 1. The maximum Gasteiger partial charge on any atom is 0.255 e. The molecule has 3 rings (SSSR count). The van der Waals surface area contributed by atoms with Crippen LogP contribution in [0.4, 0.5) is 11.4 Å². The van der Waals surface area contributed by atoms with Crippen molar-refractivity contribution in [3.05, 3.63) is 58.6 Å². The number of carbonyl (C=O) groups is 1. The normalized spacial score (nSPS) is 15.4. The van der Waals surface area contributed by atoms with Gasteiger partial charge in [-0.25, -0.2) is 0 Å². The van der Waals surface area contributed by atoms with E-state index in [4.69, 9.17) is 11.6 Å². The highest BCUT2D eigenvalue weighted by Crippen LogP contribution is 2.23. The van der Waals surface area contributed by atoms with Gasteiger partial charge < -0.3 is 15.3 Å². The molecule has 126 valence electrons. The topological polar surface area (TPSA) is 52.6 Å². The molecule has 0 radical (unpaired) electrons. The van der Waals surface area contributed by atoms with Crippen molar-refractivity contribution in [3.8, 4) is 0 Å². The second-order valence-corrected chi connectivity index (χ2v) is 6.61. The lowest BCUT2D eigenvalue weighted by molar-refractivity contribution is 0.102. The third-order valence-corrected chi connectivity index (χ3v) is 4.64. The number of halogens is 1. The van der Waals surface area contributed by atoms with Crippen LogP contribution in [-0.2, 0) is 0 Å². The van der Waals surface area contributed by atoms with Gasteiger partial charge in [0, 0.05) is 35.1 Å². The largest absolute Gasteiger partial charge is 0.393 e. The standard InChI is InChI=1S/C19H21ClN2O2/c1-13-2-5-15(20)12-18(13)21-19(24)14-3-6-16(7-4-14)22-10-8-17(23)9-11-22/h2-7,12,17,23H,8-11H2,1H3,(H,21,24). The van der Waals surface area contributed by atoms with Crippen molar-refractivity contribution in [2.45, 2.75) is 25.9 Å². The molecule has 1 amide bonds. The minimum absolute atomic E-state index is 0.152. The number of nitrogens with zero attached hydrogens (tertiary/aromatic N) is 1. The molecule has 0 atom stereocenters. The van der Waals surface area contributed by atoms with E-state index in [-0.39, 0.29) is 12.0 Å². The van der Waals surface area contributed by atoms with Gasteiger partial charge in [-0.15, -0.1) is 0 Å². The predicted octanol–water partition coefficient (Wildman–Crippen LogP) is 3.86. The van der Waals surface area contributed by atoms with Crippen LogP contribution >= 0.6 is 11.6 Å². The molecule has 0 aliphatic carbocycles. The first-order valence-electron chi connectivity index (χ1n) is 8.13. The zero-order valence-electron chi connectivity index (χ0n) is 13.6. The van der Waals surface area contributed by atoms with Gasteiger partial charge in [0.15, 0.2) is 0 Å². The van der Waals surface area contributed by atoms with Gasteiger partial charge in [-0.3, -0.25) is 4.79 Å². The third-order valence-electron chi connectivity index (χ3n) is 4.41. The Morgan fingerprint density at radius 3 is 2.50 bits per heavy atom. The molecule has 5 heteroatoms. The van der Waals surface area contributed by atoms with Gasteiger partial charge in [0.1, 0.15) is 0 Å². The number of aryl methyl sites for hydroxylation is 1. The van der Waals surface area contributed by atoms with Gasteiger partial charge in [-0.1, -0.05) is 17.7 Å². The van der Waals surface area contributed by atoms with E-state index in [1.807, 2.05) is 37.3 Å². The lowest BCUT2D eigenvalue weighted by Gasteiger charge is -2.31. The van der Waals surface area contributed by atoms with Crippen molar-refractivity contribution in [2.75, 3.05) is 23.3 Å². The van der Waals surface area contributed by atoms with Crippen LogP contribution in [0, 0.1) is 6.92 Å². The molecule has 0 saturated carbocycles. The van der Waals surface area contributed by atoms with Crippen LogP contribution in [0.15, 0.2) is 42.5 Å². The van der Waals surface area contributed by atoms with E-state index in [1.165, 1.54) is 0 Å². The summed E-state index contributed by atoms with van der Waals surface area (Å²) in [7, 11) is 0. The molecule has 2 aromatic carbocycles. The third kappa shape index (κ3) is 3.89. The summed E-state index contributed by atoms with van der Waals surface area (Å²) in [5.74, 6) is -0.152. The van der Waals surface area contributed by atoms with Crippen molar-refractivity contribution in [1.29, 1.82) is 0 Å². The first-order chi connectivity index (χ1) is 11.5. The number of nitrogens with one attached hydrogen (secondary N) is 1. The molecular weight excluding hydrogens is 324 g/mol. The SMILES string of the molecule is Cc1ccc(Cl)cc1NC(=O)c1ccc(N2CCC(O)CC2)cc1. The smallest absolute Gasteiger partial charge is 0.255 e. The van der Waals surface area contributed by atoms with Crippen molar-refractivity contribution < 1.29 is 9.90 Å². The summed E-state index contributed by atoms with van der Waals surface area (Å²) < 4.78 is 0. The molecule has 1 heterocycles. The Bertz CT molecular complexity index is 723. The molecule has 0 unspecified atom stereocenters. The van der Waals surface area contributed by atoms with E-state index >= 15 is 0 Å². The second kappa shape index (κ2) is 7.24. The van der Waals surface area contributed by atoms with Gasteiger partial charge in [-0.2, -0.15) is 0 Å². The first-order valence-corrected chi connectivity index (χ1v) is 8.51. The van der Waals surface area contributed by atoms with Crippen molar-refractivity contribution in [2.24, 2.45) is 0 Å². The summed E-state index contributed by atoms with van der Waals surface area (Å²) in [5, 5.41) is 13.1. The number of hydrogen-bond acceptors (Lipinski definition) is 3. The van der Waals surface area contributed by atoms with Crippen molar-refractivity contribution in [1.82, 2.24) is 0 Å². The highest BCUT2D eigenvalue weighted by molar-refractivity contribution is 6.31. The van der Waals surface area contributed by atoms with Gasteiger partial charge >= 0.3 is 0 Å². The fourth-order valence-corrected chi connectivity index (χ4v) is 3.04. The Kier molecular flexibility index (Phi) is 5.07. The molecule has 0 aromatic heterocycles. The highest BCUT2D eigenvalue weighted by Gasteiger charge is 2.17. The molecular formula is C19H21ClN2O2. The molecule has 24 heavy (non-hydrogen) atoms. The number of aliphatic hydroxyl groups is 1. The summed E-state index contributed by atoms with van der Waals surface area (Å²) in [6, 6.07) is 13.0. The van der Waals surface area contributed by atoms with Crippen LogP contribution in [0.5, 0.6) is 0 Å². The van der Waals surface area contributed by atoms with E-state index in [1.54, 1.807) is 12.1 Å². The molecule has 1 aliphatic heterocycles. The average Bonchev–Trinajstić information content (AvgIpc) is 2.59. The van der Waals surface area contributed by atoms with Crippen LogP contribution < -0.4 is 10.2 Å². The quantitative estimate of drug-likeness (QED) is 0.888. The number of benzene rings is 2. The molecule has 4 nitrogen and oxygen atoms in total. The average molecular weight is 345 g/mol. The minimum atomic E-state index is -0.188. The zero-order valence-corrected chi connectivity index (χ0v) is 14.4. The van der Waals surface area contributed by atoms with Gasteiger partial charge in [0.05, 0.1) is 6.10 Å². The molecule has 0 spiro atoms. The molecule has 0 bridgehead atoms. The van der Waals surface area contributed by atoms with Crippen molar-refractivity contribution in [3.63, 3.8) is 0 Å². The van der Waals surface area contributed by atoms with Gasteiger partial charge in [-0.05, 0) is 61.7 Å². The summed E-state index contributed by atoms with van der Waals surface area (Å²) in [5.41, 5.74) is 3.38. The van der Waals surface area contributed by atoms with Gasteiger partial charge in [0.25, 0.3) is 5.91 Å². The number of aliphatic hydroxyl groups excluding tert-OH is 1. The number of hydrogen-bond donors (Lipinski definition) is 2. The Balaban J connectivity index is 1.68. The van der Waals surface area contributed by atoms with Crippen LogP contribution in [0.25, 0.3) is 0 Å². The Morgan fingerprint density at radius 2 is 1.83 bits per heavy atom. The summed E-state index contributed by atoms with van der Waals surface area (Å²) in [6.07, 6.45) is 1.39. The number of carbonyl (C=O) groups excluding carboxylic acids is 1. The van der Waals surface area contributed by atoms with Crippen molar-refractivity contribution >= 4 is 28.9 Å². The predicted molar refractivity (Wildman–Crippen MR) is 98.0 cm³/mol. The molecule has 1 saturated heterocycles. The number of rotatable bonds is 3. The van der Waals surface area contributed by atoms with E-state index in [0.717, 1.165) is 42.9 Å². The monoisotopic (exact) mass is 344 g/mol. The van der Waals surface area contributed by atoms with Crippen LogP contribution in [0.3, 0.4) is 0 Å². The Hall–Kier alpha value is -2.04. The summed E-state index contributed by atoms with van der Waals surface area (Å²) in [6.45, 7) is 3.61. The Morgan fingerprint density at radius 1 is 1.17 bits per heavy atom. The lowest BCUT2D eigenvalue weighted by atomic mass is 10.1. The first kappa shape index (κ1) is 16.8. The molecule has 1 fully saturated rings. The van der Waals surface area contributed by atoms with E-state index in [9.17, 15) is 9.90 Å². The molecule has 1 aliphatic rings. The molecule has 2 aromatic rings. The van der Waals surface area contributed by atoms with Crippen LogP contribution in [0.1, 0.15) is 28.8 Å². The van der Waals surface area contributed by atoms with Gasteiger partial charge in [0.2, 0.25) is 0 Å². The Labute approximate surface area is 147 Å². The van der Waals surface area contributed by atoms with E-state index in [0.29, 0.717) is 10.6 Å². The second-order valence-electron chi connectivity index (χ2n) is 6.18. The van der Waals surface area contributed by atoms with Crippen LogP contribution in [0.2, 0.25) is 5.02 Å². The van der Waals surface area contributed by atoms with E-state index < -0.39 is 0 Å². The van der Waals surface area contributed by atoms with Crippen LogP contribution in [-0.4, -0.2) is 30.2 Å². The minimum Gasteiger partial charge on any atom is -0.393 e. The number of anilines is 2. The van der Waals surface area contributed by atoms with E-state index in [2.05, 4.69) is 10.2 Å². The zero-order chi connectivity index (χ0) is 17.1. The summed E-state index contributed by atoms with van der Waals surface area (Å²) in [4.78, 5) is 14.6. The number of amides is 1. The fraction of sp³-hybridized carbons (Fsp3) is 0.316. The maximum atomic E-state index is 12.4. The maximum absolute atomic E-state index is 12.4. The fourth-order valence-electron chi connectivity index (χ4n) is 2.87. The lowest BCUT2D eigenvalue weighted by Crippen LogP contribution is -2.35. The summed E-state index contributed by atoms with van der Waals surface area (Å²) >= 11 is 5.99.